The Morgan fingerprint density at radius 2 is 2.06 bits per heavy atom. The van der Waals surface area contributed by atoms with E-state index in [0.717, 1.165) is 19.5 Å². The van der Waals surface area contributed by atoms with Crippen molar-refractivity contribution in [2.24, 2.45) is 11.3 Å². The Hall–Kier alpha value is -0.570. The molecule has 0 spiro atoms. The van der Waals surface area contributed by atoms with Gasteiger partial charge in [0.1, 0.15) is 0 Å². The van der Waals surface area contributed by atoms with Crippen molar-refractivity contribution < 1.29 is 4.79 Å². The van der Waals surface area contributed by atoms with Crippen LogP contribution in [0.1, 0.15) is 53.4 Å². The number of carbonyl (C=O) groups excluding carboxylic acids is 1. The van der Waals surface area contributed by atoms with Gasteiger partial charge in [-0.05, 0) is 43.6 Å². The van der Waals surface area contributed by atoms with E-state index in [2.05, 4.69) is 37.9 Å². The predicted octanol–water partition coefficient (Wildman–Crippen LogP) is 2.41. The Labute approximate surface area is 111 Å². The van der Waals surface area contributed by atoms with Crippen molar-refractivity contribution in [3.8, 4) is 0 Å². The first-order valence-electron chi connectivity index (χ1n) is 7.45. The molecule has 1 unspecified atom stereocenters. The number of piperidine rings is 1. The average molecular weight is 252 g/mol. The Bertz CT molecular complexity index is 308. The molecule has 3 heteroatoms. The fourth-order valence-corrected chi connectivity index (χ4v) is 3.00. The monoisotopic (exact) mass is 252 g/mol. The van der Waals surface area contributed by atoms with Crippen LogP contribution in [-0.2, 0) is 4.79 Å². The summed E-state index contributed by atoms with van der Waals surface area (Å²) in [6, 6.07) is 0.546. The van der Waals surface area contributed by atoms with Crippen molar-refractivity contribution in [2.45, 2.75) is 65.5 Å². The van der Waals surface area contributed by atoms with Crippen molar-refractivity contribution in [3.05, 3.63) is 0 Å². The zero-order chi connectivity index (χ0) is 13.3. The van der Waals surface area contributed by atoms with Crippen LogP contribution in [0.2, 0.25) is 0 Å². The van der Waals surface area contributed by atoms with E-state index in [1.807, 2.05) is 0 Å². The number of hydrogen-bond donors (Lipinski definition) is 1. The summed E-state index contributed by atoms with van der Waals surface area (Å²) in [6.45, 7) is 10.7. The average Bonchev–Trinajstić information content (AvgIpc) is 3.08. The molecule has 0 aromatic heterocycles. The van der Waals surface area contributed by atoms with Gasteiger partial charge in [0.25, 0.3) is 0 Å². The largest absolute Gasteiger partial charge is 0.338 e. The normalized spacial score (nSPS) is 27.3. The fraction of sp³-hybridized carbons (Fsp3) is 0.933. The molecule has 2 aliphatic rings. The van der Waals surface area contributed by atoms with Crippen molar-refractivity contribution in [2.75, 3.05) is 13.1 Å². The van der Waals surface area contributed by atoms with Gasteiger partial charge >= 0.3 is 0 Å². The van der Waals surface area contributed by atoms with Crippen LogP contribution in [0.3, 0.4) is 0 Å². The van der Waals surface area contributed by atoms with Crippen LogP contribution in [0.25, 0.3) is 0 Å². The Kier molecular flexibility index (Phi) is 4.00. The van der Waals surface area contributed by atoms with Crippen LogP contribution < -0.4 is 5.32 Å². The SMILES string of the molecule is CC(C)CN(C(=O)C1NCCCC1(C)C)C1CC1. The molecular formula is C15H28N2O. The molecule has 1 atom stereocenters. The van der Waals surface area contributed by atoms with Crippen LogP contribution >= 0.6 is 0 Å². The summed E-state index contributed by atoms with van der Waals surface area (Å²) in [7, 11) is 0. The van der Waals surface area contributed by atoms with E-state index in [1.54, 1.807) is 0 Å². The first-order chi connectivity index (χ1) is 8.42. The van der Waals surface area contributed by atoms with Crippen molar-refractivity contribution in [1.29, 1.82) is 0 Å². The van der Waals surface area contributed by atoms with E-state index in [-0.39, 0.29) is 11.5 Å². The van der Waals surface area contributed by atoms with Gasteiger partial charge in [-0.3, -0.25) is 4.79 Å². The summed E-state index contributed by atoms with van der Waals surface area (Å²) in [5.74, 6) is 0.900. The Morgan fingerprint density at radius 1 is 1.39 bits per heavy atom. The molecule has 1 amide bonds. The van der Waals surface area contributed by atoms with Crippen molar-refractivity contribution in [3.63, 3.8) is 0 Å². The van der Waals surface area contributed by atoms with Crippen LogP contribution in [0.5, 0.6) is 0 Å². The smallest absolute Gasteiger partial charge is 0.240 e. The minimum atomic E-state index is 0.0191. The lowest BCUT2D eigenvalue weighted by atomic mass is 9.77. The van der Waals surface area contributed by atoms with Gasteiger partial charge in [0.2, 0.25) is 5.91 Å². The standard InChI is InChI=1S/C15H28N2O/c1-11(2)10-17(12-6-7-12)14(18)13-15(3,4)8-5-9-16-13/h11-13,16H,5-10H2,1-4H3. The number of nitrogens with one attached hydrogen (secondary N) is 1. The fourth-order valence-electron chi connectivity index (χ4n) is 3.00. The van der Waals surface area contributed by atoms with Gasteiger partial charge in [0.05, 0.1) is 6.04 Å². The highest BCUT2D eigenvalue weighted by Crippen LogP contribution is 2.34. The Morgan fingerprint density at radius 3 is 2.56 bits per heavy atom. The number of nitrogens with zero attached hydrogens (tertiary/aromatic N) is 1. The molecule has 0 aromatic rings. The van der Waals surface area contributed by atoms with E-state index >= 15 is 0 Å². The maximum atomic E-state index is 12.8. The van der Waals surface area contributed by atoms with Gasteiger partial charge in [-0.1, -0.05) is 27.7 Å². The first-order valence-corrected chi connectivity index (χ1v) is 7.45. The summed E-state index contributed by atoms with van der Waals surface area (Å²) in [6.07, 6.45) is 4.73. The topological polar surface area (TPSA) is 32.3 Å². The van der Waals surface area contributed by atoms with Crippen LogP contribution in [0.4, 0.5) is 0 Å². The lowest BCUT2D eigenvalue weighted by Gasteiger charge is -2.41. The molecule has 0 aromatic carbocycles. The van der Waals surface area contributed by atoms with Gasteiger partial charge in [-0.25, -0.2) is 0 Å². The molecule has 18 heavy (non-hydrogen) atoms. The van der Waals surface area contributed by atoms with Crippen LogP contribution in [-0.4, -0.2) is 36.0 Å². The van der Waals surface area contributed by atoms with Crippen LogP contribution in [0, 0.1) is 11.3 Å². The molecule has 1 aliphatic carbocycles. The number of hydrogen-bond acceptors (Lipinski definition) is 2. The first kappa shape index (κ1) is 13.9. The molecule has 1 aliphatic heterocycles. The minimum Gasteiger partial charge on any atom is -0.338 e. The molecule has 2 rings (SSSR count). The molecule has 1 heterocycles. The zero-order valence-electron chi connectivity index (χ0n) is 12.3. The third kappa shape index (κ3) is 3.05. The molecule has 104 valence electrons. The number of carbonyl (C=O) groups is 1. The second-order valence-corrected chi connectivity index (χ2v) is 7.09. The summed E-state index contributed by atoms with van der Waals surface area (Å²) >= 11 is 0. The van der Waals surface area contributed by atoms with Gasteiger partial charge in [-0.2, -0.15) is 0 Å². The predicted molar refractivity (Wildman–Crippen MR) is 74.4 cm³/mol. The molecule has 3 nitrogen and oxygen atoms in total. The maximum absolute atomic E-state index is 12.8. The highest BCUT2D eigenvalue weighted by atomic mass is 16.2. The van der Waals surface area contributed by atoms with Gasteiger partial charge in [-0.15, -0.1) is 0 Å². The van der Waals surface area contributed by atoms with Crippen molar-refractivity contribution in [1.82, 2.24) is 10.2 Å². The zero-order valence-corrected chi connectivity index (χ0v) is 12.3. The van der Waals surface area contributed by atoms with E-state index < -0.39 is 0 Å². The summed E-state index contributed by atoms with van der Waals surface area (Å²) < 4.78 is 0. The molecule has 2 fully saturated rings. The second kappa shape index (κ2) is 5.20. The molecule has 1 saturated carbocycles. The molecule has 0 bridgehead atoms. The maximum Gasteiger partial charge on any atom is 0.240 e. The second-order valence-electron chi connectivity index (χ2n) is 7.09. The minimum absolute atomic E-state index is 0.0191. The highest BCUT2D eigenvalue weighted by molar-refractivity contribution is 5.83. The molecule has 1 saturated heterocycles. The lowest BCUT2D eigenvalue weighted by Crippen LogP contribution is -2.57. The van der Waals surface area contributed by atoms with E-state index in [4.69, 9.17) is 0 Å². The summed E-state index contributed by atoms with van der Waals surface area (Å²) in [4.78, 5) is 14.9. The molecule has 0 radical (unpaired) electrons. The quantitative estimate of drug-likeness (QED) is 0.833. The third-order valence-electron chi connectivity index (χ3n) is 4.21. The van der Waals surface area contributed by atoms with Crippen LogP contribution in [0.15, 0.2) is 0 Å². The van der Waals surface area contributed by atoms with E-state index in [1.165, 1.54) is 19.3 Å². The lowest BCUT2D eigenvalue weighted by molar-refractivity contribution is -0.138. The van der Waals surface area contributed by atoms with E-state index in [0.29, 0.717) is 17.9 Å². The summed E-state index contributed by atoms with van der Waals surface area (Å²) in [5.41, 5.74) is 0.0967. The highest BCUT2D eigenvalue weighted by Gasteiger charge is 2.42. The molecular weight excluding hydrogens is 224 g/mol. The Balaban J connectivity index is 2.07. The van der Waals surface area contributed by atoms with Gasteiger partial charge < -0.3 is 10.2 Å². The van der Waals surface area contributed by atoms with E-state index in [9.17, 15) is 4.79 Å². The van der Waals surface area contributed by atoms with Gasteiger partial charge in [0.15, 0.2) is 0 Å². The van der Waals surface area contributed by atoms with Crippen molar-refractivity contribution >= 4 is 5.91 Å². The number of amides is 1. The number of rotatable bonds is 4. The third-order valence-corrected chi connectivity index (χ3v) is 4.21. The van der Waals surface area contributed by atoms with Gasteiger partial charge in [0, 0.05) is 12.6 Å². The summed E-state index contributed by atoms with van der Waals surface area (Å²) in [5, 5.41) is 3.45. The molecule has 1 N–H and O–H groups in total.